The number of carbonyl (C=O) groups excluding carboxylic acids is 2. The van der Waals surface area contributed by atoms with Crippen molar-refractivity contribution >= 4 is 61.2 Å². The van der Waals surface area contributed by atoms with Crippen molar-refractivity contribution in [2.24, 2.45) is 4.99 Å². The molecular formula is C36H34Br2N2O7S. The summed E-state index contributed by atoms with van der Waals surface area (Å²) in [7, 11) is 0. The first-order valence-corrected chi connectivity index (χ1v) is 17.8. The topological polar surface area (TPSA) is 105 Å². The molecule has 1 aliphatic rings. The Balaban J connectivity index is 1.50. The molecule has 0 saturated heterocycles. The number of allylic oxidation sites excluding steroid dienone is 1. The summed E-state index contributed by atoms with van der Waals surface area (Å²) >= 11 is 8.47. The van der Waals surface area contributed by atoms with E-state index in [0.717, 1.165) is 11.1 Å². The van der Waals surface area contributed by atoms with Gasteiger partial charge in [0.1, 0.15) is 24.1 Å². The Labute approximate surface area is 298 Å². The number of ether oxygens (including phenoxy) is 4. The third-order valence-electron chi connectivity index (χ3n) is 7.26. The summed E-state index contributed by atoms with van der Waals surface area (Å²) in [5.74, 6) is 0.255. The average molecular weight is 799 g/mol. The highest BCUT2D eigenvalue weighted by Gasteiger charge is 2.35. The van der Waals surface area contributed by atoms with Crippen LogP contribution in [0.4, 0.5) is 0 Å². The minimum absolute atomic E-state index is 0.126. The summed E-state index contributed by atoms with van der Waals surface area (Å²) in [6.07, 6.45) is 1.66. The molecule has 0 amide bonds. The molecule has 0 spiro atoms. The molecule has 1 aromatic heterocycles. The van der Waals surface area contributed by atoms with Gasteiger partial charge in [0.15, 0.2) is 4.80 Å². The maximum atomic E-state index is 14.2. The zero-order valence-corrected chi connectivity index (χ0v) is 31.0. The van der Waals surface area contributed by atoms with Crippen LogP contribution < -0.4 is 24.4 Å². The number of thiazole rings is 1. The zero-order valence-electron chi connectivity index (χ0n) is 27.0. The van der Waals surface area contributed by atoms with Crippen LogP contribution in [0, 0.1) is 0 Å². The molecule has 0 saturated carbocycles. The molecule has 9 nitrogen and oxygen atoms in total. The predicted molar refractivity (Wildman–Crippen MR) is 191 cm³/mol. The van der Waals surface area contributed by atoms with E-state index in [1.165, 1.54) is 11.3 Å². The number of hydrogen-bond donors (Lipinski definition) is 0. The highest BCUT2D eigenvalue weighted by molar-refractivity contribution is 9.11. The molecule has 0 fully saturated rings. The van der Waals surface area contributed by atoms with E-state index in [1.807, 2.05) is 62.4 Å². The first-order valence-electron chi connectivity index (χ1n) is 15.4. The van der Waals surface area contributed by atoms with Crippen molar-refractivity contribution in [3.8, 4) is 11.5 Å². The van der Waals surface area contributed by atoms with Gasteiger partial charge in [-0.3, -0.25) is 9.36 Å². The van der Waals surface area contributed by atoms with Crippen molar-refractivity contribution in [2.75, 3.05) is 13.2 Å². The van der Waals surface area contributed by atoms with E-state index < -0.39 is 12.0 Å². The molecule has 250 valence electrons. The van der Waals surface area contributed by atoms with Crippen LogP contribution in [0.15, 0.2) is 90.7 Å². The number of rotatable bonds is 11. The number of aromatic nitrogens is 1. The first kappa shape index (κ1) is 35.3. The third-order valence-corrected chi connectivity index (χ3v) is 9.42. The summed E-state index contributed by atoms with van der Waals surface area (Å²) < 4.78 is 26.0. The minimum atomic E-state index is -0.794. The van der Waals surface area contributed by atoms with Gasteiger partial charge in [-0.25, -0.2) is 14.6 Å². The van der Waals surface area contributed by atoms with E-state index in [0.29, 0.717) is 53.2 Å². The number of benzene rings is 3. The van der Waals surface area contributed by atoms with Crippen LogP contribution in [0.5, 0.6) is 11.5 Å². The van der Waals surface area contributed by atoms with Crippen molar-refractivity contribution in [1.29, 1.82) is 0 Å². The van der Waals surface area contributed by atoms with Gasteiger partial charge in [0.25, 0.3) is 5.56 Å². The minimum Gasteiger partial charge on any atom is -0.491 e. The normalized spacial score (nSPS) is 14.4. The number of para-hydroxylation sites is 1. The second-order valence-corrected chi connectivity index (χ2v) is 13.7. The standard InChI is InChI=1S/C36H34Br2N2O7S/c1-6-44-34(42)24-14-12-22(13-15-24)19-46-32-26(37)16-23(17-27(32)38)18-29-33(41)40-31(25-10-8-9-11-28(25)47-20(3)4)30(35(43)45-7-2)21(5)39-36(40)48-29/h8-18,20,31H,6-7,19H2,1-5H3/b29-18-/t31-/m1/s1. The molecule has 2 heterocycles. The zero-order chi connectivity index (χ0) is 34.5. The van der Waals surface area contributed by atoms with Crippen LogP contribution in [-0.4, -0.2) is 35.8 Å². The molecular weight excluding hydrogens is 764 g/mol. The molecule has 1 atom stereocenters. The molecule has 0 unspecified atom stereocenters. The van der Waals surface area contributed by atoms with Crippen molar-refractivity contribution in [1.82, 2.24) is 4.57 Å². The number of esters is 2. The Morgan fingerprint density at radius 2 is 1.62 bits per heavy atom. The summed E-state index contributed by atoms with van der Waals surface area (Å²) in [5.41, 5.74) is 3.23. The van der Waals surface area contributed by atoms with Crippen molar-refractivity contribution in [3.05, 3.63) is 123 Å². The summed E-state index contributed by atoms with van der Waals surface area (Å²) in [4.78, 5) is 44.6. The Hall–Kier alpha value is -4.00. The summed E-state index contributed by atoms with van der Waals surface area (Å²) in [6.45, 7) is 9.87. The largest absolute Gasteiger partial charge is 0.491 e. The monoisotopic (exact) mass is 796 g/mol. The lowest BCUT2D eigenvalue weighted by molar-refractivity contribution is -0.139. The lowest BCUT2D eigenvalue weighted by atomic mass is 9.95. The van der Waals surface area contributed by atoms with Gasteiger partial charge in [0.05, 0.1) is 49.6 Å². The van der Waals surface area contributed by atoms with Gasteiger partial charge in [0, 0.05) is 5.56 Å². The predicted octanol–water partition coefficient (Wildman–Crippen LogP) is 6.87. The van der Waals surface area contributed by atoms with Gasteiger partial charge in [-0.15, -0.1) is 0 Å². The van der Waals surface area contributed by atoms with E-state index in [1.54, 1.807) is 43.5 Å². The Morgan fingerprint density at radius 1 is 0.979 bits per heavy atom. The number of hydrogen-bond acceptors (Lipinski definition) is 9. The Morgan fingerprint density at radius 3 is 2.27 bits per heavy atom. The molecule has 0 bridgehead atoms. The van der Waals surface area contributed by atoms with Crippen LogP contribution in [0.3, 0.4) is 0 Å². The molecule has 0 radical (unpaired) electrons. The Bertz CT molecular complexity index is 2040. The van der Waals surface area contributed by atoms with Gasteiger partial charge in [0.2, 0.25) is 0 Å². The fourth-order valence-electron chi connectivity index (χ4n) is 5.21. The third kappa shape index (κ3) is 7.66. The lowest BCUT2D eigenvalue weighted by Gasteiger charge is -2.26. The lowest BCUT2D eigenvalue weighted by Crippen LogP contribution is -2.40. The quantitative estimate of drug-likeness (QED) is 0.153. The number of nitrogens with zero attached hydrogens (tertiary/aromatic N) is 2. The van der Waals surface area contributed by atoms with E-state index >= 15 is 0 Å². The van der Waals surface area contributed by atoms with Gasteiger partial charge in [-0.05, 0) is 114 Å². The van der Waals surface area contributed by atoms with Crippen molar-refractivity contribution in [2.45, 2.75) is 53.4 Å². The van der Waals surface area contributed by atoms with Crippen LogP contribution in [0.25, 0.3) is 6.08 Å². The number of halogens is 2. The maximum Gasteiger partial charge on any atom is 0.338 e. The molecule has 0 N–H and O–H groups in total. The van der Waals surface area contributed by atoms with Crippen molar-refractivity contribution < 1.29 is 28.5 Å². The van der Waals surface area contributed by atoms with Gasteiger partial charge < -0.3 is 18.9 Å². The second-order valence-electron chi connectivity index (χ2n) is 11.0. The van der Waals surface area contributed by atoms with Crippen LogP contribution in [-0.2, 0) is 20.9 Å². The highest BCUT2D eigenvalue weighted by Crippen LogP contribution is 2.37. The van der Waals surface area contributed by atoms with E-state index in [2.05, 4.69) is 36.9 Å². The summed E-state index contributed by atoms with van der Waals surface area (Å²) in [5, 5.41) is 0. The molecule has 0 aliphatic carbocycles. The van der Waals surface area contributed by atoms with Crippen LogP contribution >= 0.6 is 43.2 Å². The van der Waals surface area contributed by atoms with Crippen molar-refractivity contribution in [3.63, 3.8) is 0 Å². The second kappa shape index (κ2) is 15.5. The smallest absolute Gasteiger partial charge is 0.338 e. The molecule has 1 aliphatic heterocycles. The number of fused-ring (bicyclic) bond motifs is 1. The maximum absolute atomic E-state index is 14.2. The summed E-state index contributed by atoms with van der Waals surface area (Å²) in [6, 6.07) is 17.4. The molecule has 12 heteroatoms. The molecule has 3 aromatic carbocycles. The fourth-order valence-corrected chi connectivity index (χ4v) is 7.71. The molecule has 48 heavy (non-hydrogen) atoms. The molecule has 5 rings (SSSR count). The first-order chi connectivity index (χ1) is 23.0. The number of carbonyl (C=O) groups is 2. The van der Waals surface area contributed by atoms with E-state index in [4.69, 9.17) is 18.9 Å². The van der Waals surface area contributed by atoms with Gasteiger partial charge in [-0.2, -0.15) is 0 Å². The van der Waals surface area contributed by atoms with Gasteiger partial charge in [-0.1, -0.05) is 41.7 Å². The SMILES string of the molecule is CCOC(=O)C1=C(C)N=c2s/c(=C\c3cc(Br)c(OCc4ccc(C(=O)OCC)cc4)c(Br)c3)c(=O)n2[C@@H]1c1ccccc1OC(C)C. The van der Waals surface area contributed by atoms with Crippen LogP contribution in [0.1, 0.15) is 67.7 Å². The van der Waals surface area contributed by atoms with Crippen LogP contribution in [0.2, 0.25) is 0 Å². The van der Waals surface area contributed by atoms with E-state index in [-0.39, 0.29) is 36.4 Å². The highest BCUT2D eigenvalue weighted by atomic mass is 79.9. The average Bonchev–Trinajstić information content (AvgIpc) is 3.34. The van der Waals surface area contributed by atoms with Gasteiger partial charge >= 0.3 is 11.9 Å². The fraction of sp³-hybridized carbons (Fsp3) is 0.278. The molecule has 4 aromatic rings. The van der Waals surface area contributed by atoms with E-state index in [9.17, 15) is 14.4 Å². The Kier molecular flexibility index (Phi) is 11.4.